The molecule has 0 aromatic heterocycles. The Hall–Kier alpha value is -1.75. The van der Waals surface area contributed by atoms with Crippen molar-refractivity contribution in [3.05, 3.63) is 34.2 Å². The van der Waals surface area contributed by atoms with E-state index < -0.39 is 0 Å². The summed E-state index contributed by atoms with van der Waals surface area (Å²) >= 11 is 1.04. The largest absolute Gasteiger partial charge is 0.496 e. The number of carbonyl (C=O) groups is 1. The van der Waals surface area contributed by atoms with E-state index in [1.54, 1.807) is 7.11 Å². The first-order valence-electron chi connectivity index (χ1n) is 5.59. The van der Waals surface area contributed by atoms with E-state index in [0.717, 1.165) is 35.1 Å². The fraction of sp³-hybridized carbons (Fsp3) is 0.231. The zero-order chi connectivity index (χ0) is 13.1. The highest BCUT2D eigenvalue weighted by molar-refractivity contribution is 8.18. The van der Waals surface area contributed by atoms with Gasteiger partial charge in [0.05, 0.1) is 12.0 Å². The number of amides is 1. The maximum absolute atomic E-state index is 11.1. The molecule has 0 unspecified atom stereocenters. The van der Waals surface area contributed by atoms with Crippen LogP contribution in [0.1, 0.15) is 18.1 Å². The summed E-state index contributed by atoms with van der Waals surface area (Å²) in [5, 5.41) is -0.268. The van der Waals surface area contributed by atoms with Crippen LogP contribution in [0, 0.1) is 0 Å². The van der Waals surface area contributed by atoms with Gasteiger partial charge in [-0.1, -0.05) is 19.1 Å². The van der Waals surface area contributed by atoms with Gasteiger partial charge in [-0.2, -0.15) is 4.99 Å². The van der Waals surface area contributed by atoms with Crippen LogP contribution in [0.15, 0.2) is 28.1 Å². The number of nitrogens with two attached hydrogens (primary N) is 1. The van der Waals surface area contributed by atoms with Gasteiger partial charge in [0.2, 0.25) is 0 Å². The SMILES string of the molecule is CCc1ccc(/C=C2/SC(=O)N=C2N)cc1OC. The molecule has 0 atom stereocenters. The van der Waals surface area contributed by atoms with Crippen molar-refractivity contribution >= 4 is 28.9 Å². The van der Waals surface area contributed by atoms with Gasteiger partial charge in [-0.3, -0.25) is 4.79 Å². The summed E-state index contributed by atoms with van der Waals surface area (Å²) in [6.07, 6.45) is 2.76. The van der Waals surface area contributed by atoms with Gasteiger partial charge in [0.1, 0.15) is 11.6 Å². The molecule has 0 spiro atoms. The predicted molar refractivity (Wildman–Crippen MR) is 75.0 cm³/mol. The predicted octanol–water partition coefficient (Wildman–Crippen LogP) is 2.82. The van der Waals surface area contributed by atoms with E-state index in [1.165, 1.54) is 0 Å². The Morgan fingerprint density at radius 2 is 2.28 bits per heavy atom. The second-order valence-electron chi connectivity index (χ2n) is 3.80. The van der Waals surface area contributed by atoms with E-state index >= 15 is 0 Å². The molecule has 0 bridgehead atoms. The number of benzene rings is 1. The first-order valence-corrected chi connectivity index (χ1v) is 6.40. The fourth-order valence-corrected chi connectivity index (χ4v) is 2.40. The van der Waals surface area contributed by atoms with Gasteiger partial charge in [-0.25, -0.2) is 0 Å². The number of aryl methyl sites for hydroxylation is 1. The van der Waals surface area contributed by atoms with Crippen LogP contribution >= 0.6 is 11.8 Å². The minimum Gasteiger partial charge on any atom is -0.496 e. The van der Waals surface area contributed by atoms with Crippen LogP contribution in [0.4, 0.5) is 4.79 Å². The average molecular weight is 262 g/mol. The van der Waals surface area contributed by atoms with Crippen LogP contribution in [0.25, 0.3) is 6.08 Å². The molecule has 94 valence electrons. The number of nitrogens with zero attached hydrogens (tertiary/aromatic N) is 1. The zero-order valence-corrected chi connectivity index (χ0v) is 11.1. The van der Waals surface area contributed by atoms with E-state index in [4.69, 9.17) is 10.5 Å². The molecule has 2 N–H and O–H groups in total. The van der Waals surface area contributed by atoms with Crippen molar-refractivity contribution in [3.8, 4) is 5.75 Å². The fourth-order valence-electron chi connectivity index (χ4n) is 1.72. The summed E-state index contributed by atoms with van der Waals surface area (Å²) < 4.78 is 5.32. The van der Waals surface area contributed by atoms with E-state index in [0.29, 0.717) is 4.91 Å². The van der Waals surface area contributed by atoms with E-state index in [9.17, 15) is 4.79 Å². The lowest BCUT2D eigenvalue weighted by Gasteiger charge is -2.07. The molecular weight excluding hydrogens is 248 g/mol. The van der Waals surface area contributed by atoms with Gasteiger partial charge in [-0.15, -0.1) is 0 Å². The summed E-state index contributed by atoms with van der Waals surface area (Å²) in [5.74, 6) is 1.13. The molecule has 2 rings (SSSR count). The quantitative estimate of drug-likeness (QED) is 0.909. The van der Waals surface area contributed by atoms with Gasteiger partial charge < -0.3 is 10.5 Å². The Morgan fingerprint density at radius 1 is 1.50 bits per heavy atom. The van der Waals surface area contributed by atoms with E-state index in [1.807, 2.05) is 24.3 Å². The topological polar surface area (TPSA) is 64.7 Å². The molecule has 1 heterocycles. The highest BCUT2D eigenvalue weighted by Crippen LogP contribution is 2.29. The van der Waals surface area contributed by atoms with Crippen molar-refractivity contribution < 1.29 is 9.53 Å². The minimum absolute atomic E-state index is 0.268. The number of aliphatic imine (C=N–C) groups is 1. The maximum atomic E-state index is 11.1. The standard InChI is InChI=1S/C13H14N2O2S/c1-3-9-5-4-8(6-10(9)17-2)7-11-12(14)15-13(16)18-11/h4-7H,3H2,1-2H3,(H2,14,15,16)/b11-7+. The normalized spacial score (nSPS) is 17.1. The molecule has 0 saturated carbocycles. The summed E-state index contributed by atoms with van der Waals surface area (Å²) in [6.45, 7) is 2.08. The lowest BCUT2D eigenvalue weighted by atomic mass is 10.1. The third-order valence-corrected chi connectivity index (χ3v) is 3.46. The van der Waals surface area contributed by atoms with Crippen LogP contribution in [0.5, 0.6) is 5.75 Å². The lowest BCUT2D eigenvalue weighted by molar-refractivity contribution is 0.268. The van der Waals surface area contributed by atoms with Crippen LogP contribution in [0.2, 0.25) is 0 Å². The number of amidine groups is 1. The number of hydrogen-bond acceptors (Lipinski definition) is 4. The molecule has 1 aliphatic rings. The molecule has 1 amide bonds. The molecule has 4 nitrogen and oxygen atoms in total. The monoisotopic (exact) mass is 262 g/mol. The average Bonchev–Trinajstić information content (AvgIpc) is 2.67. The molecule has 0 saturated heterocycles. The van der Waals surface area contributed by atoms with Gasteiger partial charge in [-0.05, 0) is 41.5 Å². The molecule has 0 fully saturated rings. The van der Waals surface area contributed by atoms with E-state index in [-0.39, 0.29) is 11.1 Å². The van der Waals surface area contributed by atoms with Gasteiger partial charge in [0.25, 0.3) is 0 Å². The van der Waals surface area contributed by atoms with Gasteiger partial charge in [0, 0.05) is 0 Å². The highest BCUT2D eigenvalue weighted by atomic mass is 32.2. The second kappa shape index (κ2) is 5.27. The number of hydrogen-bond donors (Lipinski definition) is 1. The molecule has 1 aromatic carbocycles. The Morgan fingerprint density at radius 3 is 2.83 bits per heavy atom. The first kappa shape index (κ1) is 12.7. The molecule has 0 aliphatic carbocycles. The summed E-state index contributed by atoms with van der Waals surface area (Å²) in [4.78, 5) is 15.5. The van der Waals surface area contributed by atoms with Crippen molar-refractivity contribution in [2.24, 2.45) is 10.7 Å². The Balaban J connectivity index is 2.33. The number of ether oxygens (including phenoxy) is 1. The highest BCUT2D eigenvalue weighted by Gasteiger charge is 2.18. The van der Waals surface area contributed by atoms with Gasteiger partial charge in [0.15, 0.2) is 0 Å². The first-order chi connectivity index (χ1) is 8.63. The Bertz CT molecular complexity index is 550. The third-order valence-electron chi connectivity index (χ3n) is 2.65. The maximum Gasteiger partial charge on any atom is 0.311 e. The molecule has 0 radical (unpaired) electrons. The minimum atomic E-state index is -0.268. The molecule has 1 aromatic rings. The third kappa shape index (κ3) is 2.56. The summed E-state index contributed by atoms with van der Waals surface area (Å²) in [6, 6.07) is 5.92. The van der Waals surface area contributed by atoms with Crippen LogP contribution in [-0.4, -0.2) is 18.2 Å². The number of rotatable bonds is 3. The van der Waals surface area contributed by atoms with Gasteiger partial charge >= 0.3 is 5.24 Å². The van der Waals surface area contributed by atoms with Crippen LogP contribution in [-0.2, 0) is 6.42 Å². The van der Waals surface area contributed by atoms with Crippen molar-refractivity contribution in [1.29, 1.82) is 0 Å². The number of thioether (sulfide) groups is 1. The summed E-state index contributed by atoms with van der Waals surface area (Å²) in [5.41, 5.74) is 7.75. The van der Waals surface area contributed by atoms with Crippen LogP contribution in [0.3, 0.4) is 0 Å². The zero-order valence-electron chi connectivity index (χ0n) is 10.3. The lowest BCUT2D eigenvalue weighted by Crippen LogP contribution is -2.08. The smallest absolute Gasteiger partial charge is 0.311 e. The van der Waals surface area contributed by atoms with Crippen molar-refractivity contribution in [2.45, 2.75) is 13.3 Å². The summed E-state index contributed by atoms with van der Waals surface area (Å²) in [7, 11) is 1.65. The molecule has 5 heteroatoms. The van der Waals surface area contributed by atoms with E-state index in [2.05, 4.69) is 11.9 Å². The van der Waals surface area contributed by atoms with Crippen LogP contribution < -0.4 is 10.5 Å². The van der Waals surface area contributed by atoms with Crippen molar-refractivity contribution in [2.75, 3.05) is 7.11 Å². The molecule has 1 aliphatic heterocycles. The van der Waals surface area contributed by atoms with Crippen molar-refractivity contribution in [1.82, 2.24) is 0 Å². The second-order valence-corrected chi connectivity index (χ2v) is 4.79. The Kier molecular flexibility index (Phi) is 3.72. The van der Waals surface area contributed by atoms with Crippen molar-refractivity contribution in [3.63, 3.8) is 0 Å². The number of carbonyl (C=O) groups excluding carboxylic acids is 1. The molecular formula is C13H14N2O2S. The Labute approximate surface area is 110 Å². The number of methoxy groups -OCH3 is 1. The molecule has 18 heavy (non-hydrogen) atoms.